The van der Waals surface area contributed by atoms with Crippen molar-refractivity contribution in [2.24, 2.45) is 0 Å². The molecule has 104 valence electrons. The zero-order valence-corrected chi connectivity index (χ0v) is 11.7. The number of amides is 1. The van der Waals surface area contributed by atoms with Crippen LogP contribution < -0.4 is 0 Å². The van der Waals surface area contributed by atoms with Crippen LogP contribution in [-0.2, 0) is 9.53 Å². The molecule has 2 heterocycles. The molecule has 2 rings (SSSR count). The molecule has 0 radical (unpaired) electrons. The Labute approximate surface area is 113 Å². The third-order valence-electron chi connectivity index (χ3n) is 3.33. The number of nitrogens with zero attached hydrogens (tertiary/aromatic N) is 2. The molecule has 0 unspecified atom stereocenters. The average molecular weight is 264 g/mol. The predicted molar refractivity (Wildman–Crippen MR) is 71.3 cm³/mol. The second kappa shape index (κ2) is 4.74. The second-order valence-electron chi connectivity index (χ2n) is 6.04. The summed E-state index contributed by atoms with van der Waals surface area (Å²) in [6.07, 6.45) is 0.506. The molecule has 2 aliphatic heterocycles. The summed E-state index contributed by atoms with van der Waals surface area (Å²) in [6.45, 7) is 11.4. The minimum absolute atomic E-state index is 0.184. The van der Waals surface area contributed by atoms with E-state index in [9.17, 15) is 9.59 Å². The van der Waals surface area contributed by atoms with Gasteiger partial charge in [0, 0.05) is 19.6 Å². The van der Waals surface area contributed by atoms with Crippen molar-refractivity contribution in [2.75, 3.05) is 19.6 Å². The molecule has 0 saturated carbocycles. The third-order valence-corrected chi connectivity index (χ3v) is 3.33. The van der Waals surface area contributed by atoms with E-state index in [0.29, 0.717) is 18.8 Å². The van der Waals surface area contributed by atoms with Gasteiger partial charge in [0.25, 0.3) is 0 Å². The molecule has 0 aromatic carbocycles. The Morgan fingerprint density at radius 1 is 1.42 bits per heavy atom. The Balaban J connectivity index is 1.89. The van der Waals surface area contributed by atoms with Gasteiger partial charge in [-0.1, -0.05) is 6.58 Å². The summed E-state index contributed by atoms with van der Waals surface area (Å²) in [5.74, 6) is 1.95. The fourth-order valence-corrected chi connectivity index (χ4v) is 2.31. The summed E-state index contributed by atoms with van der Waals surface area (Å²) in [7, 11) is 0. The number of hydrogen-bond donors (Lipinski definition) is 0. The van der Waals surface area contributed by atoms with Crippen LogP contribution in [0.1, 0.15) is 27.2 Å². The van der Waals surface area contributed by atoms with E-state index in [0.717, 1.165) is 18.5 Å². The molecular weight excluding hydrogens is 244 g/mol. The maximum atomic E-state index is 11.8. The average Bonchev–Trinajstić information content (AvgIpc) is 2.54. The smallest absolute Gasteiger partial charge is 0.410 e. The van der Waals surface area contributed by atoms with Gasteiger partial charge < -0.3 is 14.5 Å². The lowest BCUT2D eigenvalue weighted by molar-refractivity contribution is -0.00712. The molecule has 0 N–H and O–H groups in total. The lowest BCUT2D eigenvalue weighted by Crippen LogP contribution is -2.60. The SMILES string of the molecule is C=C1CCN(C2CN(C(=O)OC(C)(C)C)C2)C1=C=O. The molecule has 19 heavy (non-hydrogen) atoms. The van der Waals surface area contributed by atoms with E-state index in [-0.39, 0.29) is 12.1 Å². The van der Waals surface area contributed by atoms with Crippen molar-refractivity contribution >= 4 is 12.0 Å². The molecule has 0 aromatic rings. The van der Waals surface area contributed by atoms with E-state index in [1.54, 1.807) is 4.90 Å². The van der Waals surface area contributed by atoms with Crippen LogP contribution in [0.3, 0.4) is 0 Å². The fourth-order valence-electron chi connectivity index (χ4n) is 2.31. The zero-order chi connectivity index (χ0) is 14.2. The predicted octanol–water partition coefficient (Wildman–Crippen LogP) is 1.58. The monoisotopic (exact) mass is 264 g/mol. The van der Waals surface area contributed by atoms with E-state index < -0.39 is 5.60 Å². The van der Waals surface area contributed by atoms with E-state index >= 15 is 0 Å². The molecule has 0 spiro atoms. The fraction of sp³-hybridized carbons (Fsp3) is 0.643. The summed E-state index contributed by atoms with van der Waals surface area (Å²) >= 11 is 0. The van der Waals surface area contributed by atoms with Gasteiger partial charge >= 0.3 is 6.09 Å². The Bertz CT molecular complexity index is 452. The first-order valence-electron chi connectivity index (χ1n) is 6.49. The van der Waals surface area contributed by atoms with E-state index in [2.05, 4.69) is 6.58 Å². The number of allylic oxidation sites excluding steroid dienone is 1. The van der Waals surface area contributed by atoms with Crippen molar-refractivity contribution in [3.8, 4) is 0 Å². The summed E-state index contributed by atoms with van der Waals surface area (Å²) in [4.78, 5) is 26.4. The van der Waals surface area contributed by atoms with Crippen LogP contribution in [-0.4, -0.2) is 53.1 Å². The van der Waals surface area contributed by atoms with Crippen LogP contribution in [0.4, 0.5) is 4.79 Å². The highest BCUT2D eigenvalue weighted by molar-refractivity contribution is 5.69. The van der Waals surface area contributed by atoms with Crippen LogP contribution in [0.5, 0.6) is 0 Å². The van der Waals surface area contributed by atoms with Gasteiger partial charge in [-0.2, -0.15) is 0 Å². The van der Waals surface area contributed by atoms with Crippen molar-refractivity contribution in [3.63, 3.8) is 0 Å². The van der Waals surface area contributed by atoms with Gasteiger partial charge in [-0.3, -0.25) is 0 Å². The van der Waals surface area contributed by atoms with Gasteiger partial charge in [-0.25, -0.2) is 9.59 Å². The van der Waals surface area contributed by atoms with Crippen LogP contribution in [0.2, 0.25) is 0 Å². The lowest BCUT2D eigenvalue weighted by Gasteiger charge is -2.44. The van der Waals surface area contributed by atoms with Gasteiger partial charge in [-0.15, -0.1) is 0 Å². The van der Waals surface area contributed by atoms with Crippen LogP contribution in [0.25, 0.3) is 0 Å². The largest absolute Gasteiger partial charge is 0.444 e. The number of hydrogen-bond acceptors (Lipinski definition) is 4. The molecule has 2 aliphatic rings. The summed E-state index contributed by atoms with van der Waals surface area (Å²) in [6, 6.07) is 0.184. The molecule has 5 heteroatoms. The number of ether oxygens (including phenoxy) is 1. The van der Waals surface area contributed by atoms with Gasteiger partial charge in [0.1, 0.15) is 11.3 Å². The summed E-state index contributed by atoms with van der Waals surface area (Å²) < 4.78 is 5.29. The molecule has 2 saturated heterocycles. The minimum Gasteiger partial charge on any atom is -0.444 e. The Kier molecular flexibility index (Phi) is 3.42. The van der Waals surface area contributed by atoms with Crippen LogP contribution in [0.15, 0.2) is 17.8 Å². The van der Waals surface area contributed by atoms with Gasteiger partial charge in [0.05, 0.1) is 6.04 Å². The Morgan fingerprint density at radius 2 is 2.05 bits per heavy atom. The number of carbonyl (C=O) groups excluding carboxylic acids is 2. The highest BCUT2D eigenvalue weighted by Crippen LogP contribution is 2.30. The number of likely N-dealkylation sites (tertiary alicyclic amines) is 2. The van der Waals surface area contributed by atoms with E-state index in [1.807, 2.05) is 31.6 Å². The van der Waals surface area contributed by atoms with Crippen molar-refractivity contribution in [3.05, 3.63) is 17.8 Å². The molecule has 0 aromatic heterocycles. The molecular formula is C14H20N2O3. The normalized spacial score (nSPS) is 20.4. The Morgan fingerprint density at radius 3 is 2.58 bits per heavy atom. The lowest BCUT2D eigenvalue weighted by atomic mass is 10.1. The molecule has 0 aliphatic carbocycles. The second-order valence-corrected chi connectivity index (χ2v) is 6.04. The Hall–Kier alpha value is -1.74. The highest BCUT2D eigenvalue weighted by atomic mass is 16.6. The summed E-state index contributed by atoms with van der Waals surface area (Å²) in [5, 5.41) is 0. The first-order chi connectivity index (χ1) is 8.81. The molecule has 0 atom stereocenters. The number of rotatable bonds is 1. The van der Waals surface area contributed by atoms with Crippen molar-refractivity contribution in [1.82, 2.24) is 9.80 Å². The quantitative estimate of drug-likeness (QED) is 0.675. The van der Waals surface area contributed by atoms with E-state index in [4.69, 9.17) is 4.74 Å². The topological polar surface area (TPSA) is 49.9 Å². The first kappa shape index (κ1) is 13.7. The van der Waals surface area contributed by atoms with Gasteiger partial charge in [0.2, 0.25) is 0 Å². The minimum atomic E-state index is -0.474. The highest BCUT2D eigenvalue weighted by Gasteiger charge is 2.40. The maximum Gasteiger partial charge on any atom is 0.410 e. The summed E-state index contributed by atoms with van der Waals surface area (Å²) in [5.41, 5.74) is 0.928. The molecule has 0 bridgehead atoms. The van der Waals surface area contributed by atoms with Crippen LogP contribution >= 0.6 is 0 Å². The zero-order valence-electron chi connectivity index (χ0n) is 11.7. The van der Waals surface area contributed by atoms with E-state index in [1.165, 1.54) is 0 Å². The number of carbonyl (C=O) groups is 1. The van der Waals surface area contributed by atoms with Crippen molar-refractivity contribution in [2.45, 2.75) is 38.8 Å². The first-order valence-corrected chi connectivity index (χ1v) is 6.49. The molecule has 1 amide bonds. The molecule has 5 nitrogen and oxygen atoms in total. The standard InChI is InChI=1S/C14H20N2O3/c1-10-5-6-16(12(10)9-17)11-7-15(8-11)13(18)19-14(2,3)4/h11H,1,5-8H2,2-4H3. The van der Waals surface area contributed by atoms with Crippen molar-refractivity contribution < 1.29 is 14.3 Å². The third kappa shape index (κ3) is 2.82. The molecule has 2 fully saturated rings. The maximum absolute atomic E-state index is 11.8. The van der Waals surface area contributed by atoms with Gasteiger partial charge in [0.15, 0.2) is 5.94 Å². The van der Waals surface area contributed by atoms with Crippen LogP contribution in [0, 0.1) is 0 Å². The van der Waals surface area contributed by atoms with Gasteiger partial charge in [-0.05, 0) is 32.8 Å². The van der Waals surface area contributed by atoms with Crippen molar-refractivity contribution in [1.29, 1.82) is 0 Å².